The van der Waals surface area contributed by atoms with E-state index in [-0.39, 0.29) is 10.7 Å². The first kappa shape index (κ1) is 10.8. The Morgan fingerprint density at radius 3 is 2.57 bits per heavy atom. The summed E-state index contributed by atoms with van der Waals surface area (Å²) in [4.78, 5) is 14.2. The molecule has 0 fully saturated rings. The molecule has 14 heavy (non-hydrogen) atoms. The van der Waals surface area contributed by atoms with Gasteiger partial charge in [-0.15, -0.1) is 0 Å². The number of aromatic nitrogens is 1. The number of pyridine rings is 1. The molecule has 76 valence electrons. The minimum Gasteiger partial charge on any atom is -0.478 e. The Labute approximate surface area is 83.3 Å². The second kappa shape index (κ2) is 3.88. The highest BCUT2D eigenvalue weighted by molar-refractivity contribution is 6.33. The van der Waals surface area contributed by atoms with Gasteiger partial charge >= 0.3 is 5.97 Å². The van der Waals surface area contributed by atoms with Crippen LogP contribution >= 0.6 is 11.6 Å². The van der Waals surface area contributed by atoms with Gasteiger partial charge in [0.05, 0.1) is 16.1 Å². The van der Waals surface area contributed by atoms with Crippen LogP contribution in [0.15, 0.2) is 6.20 Å². The molecule has 0 unspecified atom stereocenters. The SMILES string of the molecule is Cc1ncc(Cl)c(C(=O)O)c1C(F)F. The van der Waals surface area contributed by atoms with Crippen molar-refractivity contribution in [3.63, 3.8) is 0 Å². The van der Waals surface area contributed by atoms with E-state index < -0.39 is 23.5 Å². The molecule has 0 aliphatic carbocycles. The van der Waals surface area contributed by atoms with E-state index in [2.05, 4.69) is 4.98 Å². The van der Waals surface area contributed by atoms with E-state index in [4.69, 9.17) is 16.7 Å². The van der Waals surface area contributed by atoms with E-state index in [0.717, 1.165) is 6.20 Å². The van der Waals surface area contributed by atoms with Gasteiger partial charge < -0.3 is 5.11 Å². The third-order valence-electron chi connectivity index (χ3n) is 1.70. The Hall–Kier alpha value is -1.23. The fourth-order valence-corrected chi connectivity index (χ4v) is 1.31. The fourth-order valence-electron chi connectivity index (χ4n) is 1.08. The first-order valence-electron chi connectivity index (χ1n) is 3.61. The molecule has 1 N–H and O–H groups in total. The number of carbonyl (C=O) groups is 1. The number of aromatic carboxylic acids is 1. The summed E-state index contributed by atoms with van der Waals surface area (Å²) in [5.74, 6) is -1.48. The number of rotatable bonds is 2. The lowest BCUT2D eigenvalue weighted by Gasteiger charge is -2.08. The highest BCUT2D eigenvalue weighted by Crippen LogP contribution is 2.29. The van der Waals surface area contributed by atoms with E-state index in [0.29, 0.717) is 0 Å². The Kier molecular flexibility index (Phi) is 3.00. The topological polar surface area (TPSA) is 50.2 Å². The molecule has 0 aliphatic rings. The monoisotopic (exact) mass is 221 g/mol. The summed E-state index contributed by atoms with van der Waals surface area (Å²) in [6.07, 6.45) is -1.85. The van der Waals surface area contributed by atoms with Gasteiger partial charge in [-0.25, -0.2) is 13.6 Å². The second-order valence-corrected chi connectivity index (χ2v) is 2.99. The van der Waals surface area contributed by atoms with Crippen molar-refractivity contribution in [3.05, 3.63) is 28.0 Å². The van der Waals surface area contributed by atoms with Gasteiger partial charge in [0.1, 0.15) is 0 Å². The minimum absolute atomic E-state index is 0.0261. The van der Waals surface area contributed by atoms with Crippen molar-refractivity contribution >= 4 is 17.6 Å². The van der Waals surface area contributed by atoms with Crippen LogP contribution in [0, 0.1) is 6.92 Å². The summed E-state index contributed by atoms with van der Waals surface area (Å²) in [5.41, 5.74) is -1.22. The van der Waals surface area contributed by atoms with Crippen molar-refractivity contribution in [2.45, 2.75) is 13.3 Å². The number of carboxylic acids is 1. The van der Waals surface area contributed by atoms with Crippen LogP contribution in [0.4, 0.5) is 8.78 Å². The van der Waals surface area contributed by atoms with Crippen molar-refractivity contribution in [2.75, 3.05) is 0 Å². The Bertz CT molecular complexity index is 382. The number of aryl methyl sites for hydroxylation is 1. The van der Waals surface area contributed by atoms with Gasteiger partial charge in [0.15, 0.2) is 0 Å². The number of nitrogens with zero attached hydrogens (tertiary/aromatic N) is 1. The zero-order valence-corrected chi connectivity index (χ0v) is 7.85. The molecular weight excluding hydrogens is 216 g/mol. The highest BCUT2D eigenvalue weighted by atomic mass is 35.5. The molecule has 0 aliphatic heterocycles. The molecule has 1 aromatic rings. The van der Waals surface area contributed by atoms with Gasteiger partial charge in [-0.3, -0.25) is 4.98 Å². The van der Waals surface area contributed by atoms with Gasteiger partial charge in [0.25, 0.3) is 6.43 Å². The maximum absolute atomic E-state index is 12.5. The maximum atomic E-state index is 12.5. The van der Waals surface area contributed by atoms with Crippen LogP contribution < -0.4 is 0 Å². The lowest BCUT2D eigenvalue weighted by atomic mass is 10.1. The molecule has 0 saturated carbocycles. The number of hydrogen-bond donors (Lipinski definition) is 1. The van der Waals surface area contributed by atoms with Gasteiger partial charge in [-0.2, -0.15) is 0 Å². The molecule has 0 aromatic carbocycles. The van der Waals surface area contributed by atoms with Crippen LogP contribution in [0.25, 0.3) is 0 Å². The quantitative estimate of drug-likeness (QED) is 0.835. The third kappa shape index (κ3) is 1.82. The minimum atomic E-state index is -2.90. The maximum Gasteiger partial charge on any atom is 0.337 e. The molecule has 0 radical (unpaired) electrons. The average Bonchev–Trinajstić information content (AvgIpc) is 2.07. The number of alkyl halides is 2. The highest BCUT2D eigenvalue weighted by Gasteiger charge is 2.23. The summed E-state index contributed by atoms with van der Waals surface area (Å²) < 4.78 is 24.9. The fraction of sp³-hybridized carbons (Fsp3) is 0.250. The van der Waals surface area contributed by atoms with Gasteiger partial charge in [0.2, 0.25) is 0 Å². The Morgan fingerprint density at radius 1 is 1.64 bits per heavy atom. The van der Waals surface area contributed by atoms with Crippen LogP contribution in [0.3, 0.4) is 0 Å². The van der Waals surface area contributed by atoms with E-state index in [9.17, 15) is 13.6 Å². The molecule has 0 spiro atoms. The molecule has 0 amide bonds. The van der Waals surface area contributed by atoms with Crippen molar-refractivity contribution < 1.29 is 18.7 Å². The normalized spacial score (nSPS) is 10.6. The molecule has 0 saturated heterocycles. The number of halogens is 3. The predicted octanol–water partition coefficient (Wildman–Crippen LogP) is 2.68. The predicted molar refractivity (Wildman–Crippen MR) is 45.9 cm³/mol. The first-order valence-corrected chi connectivity index (χ1v) is 3.99. The summed E-state index contributed by atoms with van der Waals surface area (Å²) in [5, 5.41) is 8.40. The van der Waals surface area contributed by atoms with E-state index in [1.54, 1.807) is 0 Å². The van der Waals surface area contributed by atoms with Gasteiger partial charge in [0, 0.05) is 11.9 Å². The lowest BCUT2D eigenvalue weighted by molar-refractivity contribution is 0.0684. The number of carboxylic acid groups (broad SMARTS) is 1. The van der Waals surface area contributed by atoms with Gasteiger partial charge in [-0.05, 0) is 6.92 Å². The molecular formula is C8H6ClF2NO2. The summed E-state index contributed by atoms with van der Waals surface area (Å²) >= 11 is 5.46. The molecule has 0 atom stereocenters. The summed E-state index contributed by atoms with van der Waals surface area (Å²) in [6, 6.07) is 0. The van der Waals surface area contributed by atoms with Crippen LogP contribution in [0.5, 0.6) is 0 Å². The molecule has 1 heterocycles. The molecule has 6 heteroatoms. The zero-order chi connectivity index (χ0) is 10.9. The van der Waals surface area contributed by atoms with Crippen LogP contribution in [-0.4, -0.2) is 16.1 Å². The van der Waals surface area contributed by atoms with Crippen molar-refractivity contribution in [1.29, 1.82) is 0 Å². The summed E-state index contributed by atoms with van der Waals surface area (Å²) in [6.45, 7) is 1.31. The van der Waals surface area contributed by atoms with E-state index >= 15 is 0 Å². The smallest absolute Gasteiger partial charge is 0.337 e. The lowest BCUT2D eigenvalue weighted by Crippen LogP contribution is -2.07. The van der Waals surface area contributed by atoms with E-state index in [1.807, 2.05) is 0 Å². The van der Waals surface area contributed by atoms with Crippen LogP contribution in [-0.2, 0) is 0 Å². The van der Waals surface area contributed by atoms with Crippen molar-refractivity contribution in [2.24, 2.45) is 0 Å². The van der Waals surface area contributed by atoms with Crippen molar-refractivity contribution in [3.8, 4) is 0 Å². The number of hydrogen-bond acceptors (Lipinski definition) is 2. The van der Waals surface area contributed by atoms with Crippen LogP contribution in [0.2, 0.25) is 5.02 Å². The van der Waals surface area contributed by atoms with Gasteiger partial charge in [-0.1, -0.05) is 11.6 Å². The standard InChI is InChI=1S/C8H6ClF2NO2/c1-3-5(7(10)11)6(8(13)14)4(9)2-12-3/h2,7H,1H3,(H,13,14). The average molecular weight is 222 g/mol. The molecule has 1 aromatic heterocycles. The molecule has 0 bridgehead atoms. The second-order valence-electron chi connectivity index (χ2n) is 2.59. The largest absolute Gasteiger partial charge is 0.478 e. The third-order valence-corrected chi connectivity index (χ3v) is 1.99. The molecule has 3 nitrogen and oxygen atoms in total. The van der Waals surface area contributed by atoms with Crippen molar-refractivity contribution in [1.82, 2.24) is 4.98 Å². The van der Waals surface area contributed by atoms with Crippen LogP contribution in [0.1, 0.15) is 28.0 Å². The molecule has 1 rings (SSSR count). The first-order chi connectivity index (χ1) is 6.45. The van der Waals surface area contributed by atoms with E-state index in [1.165, 1.54) is 6.92 Å². The summed E-state index contributed by atoms with van der Waals surface area (Å²) in [7, 11) is 0. The Morgan fingerprint density at radius 2 is 2.21 bits per heavy atom. The Balaban J connectivity index is 3.50. The zero-order valence-electron chi connectivity index (χ0n) is 7.09.